The number of hydrogen-bond donors (Lipinski definition) is 1. The van der Waals surface area contributed by atoms with Crippen molar-refractivity contribution < 1.29 is 14.6 Å². The number of carbonyl (C=O) groups is 1. The lowest BCUT2D eigenvalue weighted by Crippen LogP contribution is -2.23. The highest BCUT2D eigenvalue weighted by Gasteiger charge is 2.09. The molecule has 5 nitrogen and oxygen atoms in total. The summed E-state index contributed by atoms with van der Waals surface area (Å²) in [5, 5.41) is 17.6. The number of benzene rings is 1. The lowest BCUT2D eigenvalue weighted by molar-refractivity contribution is -0.131. The molecule has 0 amide bonds. The van der Waals surface area contributed by atoms with Crippen LogP contribution < -0.4 is 4.74 Å². The van der Waals surface area contributed by atoms with Crippen molar-refractivity contribution in [3.8, 4) is 11.8 Å². The van der Waals surface area contributed by atoms with Gasteiger partial charge in [-0.05, 0) is 43.3 Å². The Bertz CT molecular complexity index is 561. The van der Waals surface area contributed by atoms with Crippen molar-refractivity contribution in [3.05, 3.63) is 35.4 Å². The molecule has 0 bridgehead atoms. The van der Waals surface area contributed by atoms with E-state index in [0.717, 1.165) is 23.0 Å². The number of carboxylic acids is 1. The van der Waals surface area contributed by atoms with Crippen LogP contribution in [0.5, 0.6) is 5.75 Å². The Morgan fingerprint density at radius 2 is 2.29 bits per heavy atom. The number of nitrogens with zero attached hydrogens (tertiary/aromatic N) is 2. The minimum absolute atomic E-state index is 0.0568. The molecule has 1 atom stereocenters. The van der Waals surface area contributed by atoms with Gasteiger partial charge in [0.2, 0.25) is 0 Å². The van der Waals surface area contributed by atoms with E-state index in [0.29, 0.717) is 13.1 Å². The van der Waals surface area contributed by atoms with Crippen molar-refractivity contribution in [1.29, 1.82) is 5.26 Å². The van der Waals surface area contributed by atoms with Gasteiger partial charge in [-0.2, -0.15) is 5.26 Å². The van der Waals surface area contributed by atoms with Crippen LogP contribution >= 0.6 is 0 Å². The second-order valence-corrected chi connectivity index (χ2v) is 4.96. The summed E-state index contributed by atoms with van der Waals surface area (Å²) in [7, 11) is 3.52. The van der Waals surface area contributed by atoms with Crippen molar-refractivity contribution in [2.75, 3.05) is 20.7 Å². The first-order valence-corrected chi connectivity index (χ1v) is 6.62. The monoisotopic (exact) mass is 288 g/mol. The second kappa shape index (κ2) is 8.08. The summed E-state index contributed by atoms with van der Waals surface area (Å²) in [6.07, 6.45) is 2.68. The van der Waals surface area contributed by atoms with Crippen LogP contribution in [0.3, 0.4) is 0 Å². The van der Waals surface area contributed by atoms with E-state index in [1.54, 1.807) is 19.3 Å². The fraction of sp³-hybridized carbons (Fsp3) is 0.375. The molecular weight excluding hydrogens is 268 g/mol. The zero-order chi connectivity index (χ0) is 15.8. The maximum atomic E-state index is 10.7. The third kappa shape index (κ3) is 5.67. The third-order valence-corrected chi connectivity index (χ3v) is 3.00. The molecule has 112 valence electrons. The van der Waals surface area contributed by atoms with Gasteiger partial charge >= 0.3 is 5.97 Å². The summed E-state index contributed by atoms with van der Waals surface area (Å²) in [6.45, 7) is 3.13. The summed E-state index contributed by atoms with van der Waals surface area (Å²) in [5.74, 6) is -0.318. The van der Waals surface area contributed by atoms with E-state index in [1.807, 2.05) is 31.0 Å². The molecule has 0 fully saturated rings. The molecular formula is C16H20N2O3. The van der Waals surface area contributed by atoms with Crippen molar-refractivity contribution in [1.82, 2.24) is 4.90 Å². The first kappa shape index (κ1) is 16.7. The molecule has 1 unspecified atom stereocenters. The summed E-state index contributed by atoms with van der Waals surface area (Å²) in [4.78, 5) is 12.7. The molecule has 0 saturated carbocycles. The predicted octanol–water partition coefficient (Wildman–Crippen LogP) is 2.38. The largest absolute Gasteiger partial charge is 0.497 e. The van der Waals surface area contributed by atoms with Gasteiger partial charge in [-0.25, -0.2) is 4.79 Å². The number of aliphatic carboxylic acids is 1. The molecule has 0 aliphatic rings. The maximum Gasteiger partial charge on any atom is 0.328 e. The highest BCUT2D eigenvalue weighted by molar-refractivity contribution is 5.85. The van der Waals surface area contributed by atoms with E-state index < -0.39 is 5.97 Å². The molecule has 0 heterocycles. The molecule has 21 heavy (non-hydrogen) atoms. The topological polar surface area (TPSA) is 73.6 Å². The third-order valence-electron chi connectivity index (χ3n) is 3.00. The lowest BCUT2D eigenvalue weighted by Gasteiger charge is -2.19. The molecule has 0 saturated heterocycles. The molecule has 1 aromatic carbocycles. The Morgan fingerprint density at radius 1 is 1.57 bits per heavy atom. The molecule has 0 aliphatic heterocycles. The van der Waals surface area contributed by atoms with Gasteiger partial charge in [0.15, 0.2) is 0 Å². The van der Waals surface area contributed by atoms with E-state index in [4.69, 9.17) is 15.1 Å². The van der Waals surface area contributed by atoms with Gasteiger partial charge in [0.25, 0.3) is 0 Å². The van der Waals surface area contributed by atoms with E-state index in [2.05, 4.69) is 6.07 Å². The van der Waals surface area contributed by atoms with Gasteiger partial charge in [-0.15, -0.1) is 0 Å². The Balaban J connectivity index is 2.96. The molecule has 0 spiro atoms. The summed E-state index contributed by atoms with van der Waals surface area (Å²) < 4.78 is 5.21. The molecule has 1 rings (SSSR count). The Hall–Kier alpha value is -2.32. The fourth-order valence-corrected chi connectivity index (χ4v) is 2.03. The molecule has 0 aromatic heterocycles. The minimum Gasteiger partial charge on any atom is -0.497 e. The van der Waals surface area contributed by atoms with Crippen LogP contribution in [0.4, 0.5) is 0 Å². The molecule has 0 aliphatic carbocycles. The van der Waals surface area contributed by atoms with Crippen LogP contribution in [-0.4, -0.2) is 36.7 Å². The fourth-order valence-electron chi connectivity index (χ4n) is 2.03. The highest BCUT2D eigenvalue weighted by atomic mass is 16.5. The van der Waals surface area contributed by atoms with Crippen LogP contribution in [0.1, 0.15) is 18.1 Å². The standard InChI is InChI=1S/C16H20N2O3/c1-12(9-17)10-18(2)11-14-8-15(21-3)6-4-13(14)5-7-16(19)20/h4-8,12H,10-11H2,1-3H3,(H,19,20). The first-order valence-electron chi connectivity index (χ1n) is 6.62. The molecule has 1 N–H and O–H groups in total. The van der Waals surface area contributed by atoms with Crippen LogP contribution in [-0.2, 0) is 11.3 Å². The van der Waals surface area contributed by atoms with Gasteiger partial charge in [0, 0.05) is 19.2 Å². The van der Waals surface area contributed by atoms with Gasteiger partial charge < -0.3 is 14.7 Å². The number of ether oxygens (including phenoxy) is 1. The molecule has 5 heteroatoms. The van der Waals surface area contributed by atoms with Gasteiger partial charge in [-0.3, -0.25) is 0 Å². The van der Waals surface area contributed by atoms with Gasteiger partial charge in [-0.1, -0.05) is 6.07 Å². The van der Waals surface area contributed by atoms with Gasteiger partial charge in [0.1, 0.15) is 5.75 Å². The van der Waals surface area contributed by atoms with E-state index in [-0.39, 0.29) is 5.92 Å². The highest BCUT2D eigenvalue weighted by Crippen LogP contribution is 2.20. The van der Waals surface area contributed by atoms with Crippen molar-refractivity contribution in [2.45, 2.75) is 13.5 Å². The maximum absolute atomic E-state index is 10.7. The number of methoxy groups -OCH3 is 1. The minimum atomic E-state index is -0.983. The smallest absolute Gasteiger partial charge is 0.328 e. The quantitative estimate of drug-likeness (QED) is 0.780. The van der Waals surface area contributed by atoms with Crippen molar-refractivity contribution >= 4 is 12.0 Å². The van der Waals surface area contributed by atoms with Crippen LogP contribution in [0.15, 0.2) is 24.3 Å². The second-order valence-electron chi connectivity index (χ2n) is 4.96. The van der Waals surface area contributed by atoms with Crippen LogP contribution in [0.2, 0.25) is 0 Å². The van der Waals surface area contributed by atoms with E-state index in [9.17, 15) is 4.79 Å². The molecule has 1 aromatic rings. The number of carboxylic acid groups (broad SMARTS) is 1. The summed E-state index contributed by atoms with van der Waals surface area (Å²) in [6, 6.07) is 7.71. The summed E-state index contributed by atoms with van der Waals surface area (Å²) in [5.41, 5.74) is 1.79. The zero-order valence-electron chi connectivity index (χ0n) is 12.5. The average molecular weight is 288 g/mol. The number of hydrogen-bond acceptors (Lipinski definition) is 4. The zero-order valence-corrected chi connectivity index (χ0v) is 12.5. The predicted molar refractivity (Wildman–Crippen MR) is 80.8 cm³/mol. The Labute approximate surface area is 125 Å². The Morgan fingerprint density at radius 3 is 2.86 bits per heavy atom. The lowest BCUT2D eigenvalue weighted by atomic mass is 10.1. The van der Waals surface area contributed by atoms with Crippen LogP contribution in [0, 0.1) is 17.2 Å². The van der Waals surface area contributed by atoms with E-state index in [1.165, 1.54) is 0 Å². The average Bonchev–Trinajstić information content (AvgIpc) is 2.45. The SMILES string of the molecule is COc1ccc(C=CC(=O)O)c(CN(C)CC(C)C#N)c1. The van der Waals surface area contributed by atoms with E-state index >= 15 is 0 Å². The van der Waals surface area contributed by atoms with Crippen molar-refractivity contribution in [2.24, 2.45) is 5.92 Å². The Kier molecular flexibility index (Phi) is 6.44. The number of rotatable bonds is 7. The van der Waals surface area contributed by atoms with Gasteiger partial charge in [0.05, 0.1) is 19.1 Å². The first-order chi connectivity index (χ1) is 9.96. The number of nitriles is 1. The normalized spacial score (nSPS) is 12.3. The molecule has 0 radical (unpaired) electrons. The van der Waals surface area contributed by atoms with Crippen molar-refractivity contribution in [3.63, 3.8) is 0 Å². The summed E-state index contributed by atoms with van der Waals surface area (Å²) >= 11 is 0. The van der Waals surface area contributed by atoms with Crippen LogP contribution in [0.25, 0.3) is 6.08 Å².